The molecule has 23 heavy (non-hydrogen) atoms. The number of hydrogen-bond donors (Lipinski definition) is 0. The molecule has 0 saturated carbocycles. The third kappa shape index (κ3) is 5.70. The molecule has 5 atom stereocenters. The van der Waals surface area contributed by atoms with Gasteiger partial charge in [-0.15, -0.1) is 0 Å². The van der Waals surface area contributed by atoms with Crippen molar-refractivity contribution in [1.29, 1.82) is 0 Å². The summed E-state index contributed by atoms with van der Waals surface area (Å²) in [5, 5.41) is 3.45. The highest BCUT2D eigenvalue weighted by Crippen LogP contribution is 2.32. The molecule has 1 aliphatic heterocycles. The van der Waals surface area contributed by atoms with Crippen LogP contribution in [0.2, 0.25) is 0 Å². The molecule has 1 rings (SSSR count). The van der Waals surface area contributed by atoms with Crippen LogP contribution in [0.15, 0.2) is 5.11 Å². The minimum atomic E-state index is -1.04. The van der Waals surface area contributed by atoms with Crippen LogP contribution in [-0.2, 0) is 33.3 Å². The molecule has 0 spiro atoms. The van der Waals surface area contributed by atoms with Crippen molar-refractivity contribution in [1.82, 2.24) is 0 Å². The van der Waals surface area contributed by atoms with Crippen molar-refractivity contribution in [2.24, 2.45) is 5.11 Å². The monoisotopic (exact) mass is 393 g/mol. The van der Waals surface area contributed by atoms with Gasteiger partial charge in [0.15, 0.2) is 18.4 Å². The van der Waals surface area contributed by atoms with Crippen LogP contribution in [-0.4, -0.2) is 53.9 Å². The zero-order chi connectivity index (χ0) is 17.6. The summed E-state index contributed by atoms with van der Waals surface area (Å²) >= 11 is 3.22. The van der Waals surface area contributed by atoms with E-state index in [2.05, 4.69) is 26.0 Å². The highest BCUT2D eigenvalue weighted by molar-refractivity contribution is 9.09. The van der Waals surface area contributed by atoms with Gasteiger partial charge in [-0.3, -0.25) is 14.4 Å². The maximum absolute atomic E-state index is 11.3. The molecule has 0 aliphatic carbocycles. The van der Waals surface area contributed by atoms with Gasteiger partial charge in [-0.1, -0.05) is 21.0 Å². The lowest BCUT2D eigenvalue weighted by atomic mass is 10.0. The fraction of sp³-hybridized carbons (Fsp3) is 0.750. The number of carbonyl (C=O) groups is 3. The first-order valence-electron chi connectivity index (χ1n) is 6.57. The van der Waals surface area contributed by atoms with E-state index in [0.717, 1.165) is 0 Å². The van der Waals surface area contributed by atoms with Crippen molar-refractivity contribution in [2.75, 3.05) is 6.61 Å². The number of esters is 3. The highest BCUT2D eigenvalue weighted by atomic mass is 79.9. The van der Waals surface area contributed by atoms with E-state index in [1.807, 2.05) is 0 Å². The predicted octanol–water partition coefficient (Wildman–Crippen LogP) is 1.21. The Bertz CT molecular complexity index is 523. The topological polar surface area (TPSA) is 137 Å². The fourth-order valence-electron chi connectivity index (χ4n) is 2.02. The Labute approximate surface area is 140 Å². The number of alkyl halides is 1. The van der Waals surface area contributed by atoms with Gasteiger partial charge < -0.3 is 18.9 Å². The summed E-state index contributed by atoms with van der Waals surface area (Å²) in [7, 11) is 0. The Kier molecular flexibility index (Phi) is 7.27. The maximum Gasteiger partial charge on any atom is 0.303 e. The molecule has 0 unspecified atom stereocenters. The standard InChI is InChI=1S/C12H16BrN3O7/c1-5(17)20-4-8-10(21-6(2)18)11(22-7(3)19)9(13)12(23-8)15-16-14/h8-12H,4H2,1-3H3/t8-,9+,10-,11-,12+/m1/s1. The number of halogens is 1. The molecule has 0 N–H and O–H groups in total. The Hall–Kier alpha value is -1.84. The first kappa shape index (κ1) is 19.2. The largest absolute Gasteiger partial charge is 0.463 e. The van der Waals surface area contributed by atoms with Crippen LogP contribution in [0.5, 0.6) is 0 Å². The highest BCUT2D eigenvalue weighted by Gasteiger charge is 2.49. The molecule has 0 bridgehead atoms. The molecule has 1 aliphatic rings. The average molecular weight is 394 g/mol. The fourth-order valence-corrected chi connectivity index (χ4v) is 2.66. The van der Waals surface area contributed by atoms with Crippen molar-refractivity contribution < 1.29 is 33.3 Å². The number of carbonyl (C=O) groups excluding carboxylic acids is 3. The Morgan fingerprint density at radius 2 is 1.70 bits per heavy atom. The van der Waals surface area contributed by atoms with Crippen molar-refractivity contribution in [3.05, 3.63) is 10.4 Å². The van der Waals surface area contributed by atoms with Gasteiger partial charge in [0.1, 0.15) is 12.7 Å². The van der Waals surface area contributed by atoms with Crippen LogP contribution in [0.4, 0.5) is 0 Å². The molecule has 1 saturated heterocycles. The number of hydrogen-bond acceptors (Lipinski definition) is 8. The first-order valence-corrected chi connectivity index (χ1v) is 7.49. The van der Waals surface area contributed by atoms with Crippen LogP contribution in [0.1, 0.15) is 20.8 Å². The average Bonchev–Trinajstić information content (AvgIpc) is 2.43. The van der Waals surface area contributed by atoms with E-state index in [1.165, 1.54) is 20.8 Å². The first-order chi connectivity index (χ1) is 10.8. The summed E-state index contributed by atoms with van der Waals surface area (Å²) < 4.78 is 20.7. The summed E-state index contributed by atoms with van der Waals surface area (Å²) in [5.74, 6) is -1.82. The van der Waals surface area contributed by atoms with Crippen LogP contribution < -0.4 is 0 Å². The molecule has 0 radical (unpaired) electrons. The van der Waals surface area contributed by atoms with Gasteiger partial charge in [0.2, 0.25) is 0 Å². The molecule has 128 valence electrons. The van der Waals surface area contributed by atoms with E-state index in [9.17, 15) is 14.4 Å². The van der Waals surface area contributed by atoms with E-state index >= 15 is 0 Å². The molecular formula is C12H16BrN3O7. The number of rotatable bonds is 5. The second kappa shape index (κ2) is 8.70. The molecule has 10 nitrogen and oxygen atoms in total. The van der Waals surface area contributed by atoms with Crippen LogP contribution in [0, 0.1) is 0 Å². The van der Waals surface area contributed by atoms with Crippen molar-refractivity contribution in [2.45, 2.75) is 50.1 Å². The second-order valence-electron chi connectivity index (χ2n) is 4.67. The second-order valence-corrected chi connectivity index (χ2v) is 5.72. The van der Waals surface area contributed by atoms with Crippen LogP contribution in [0.3, 0.4) is 0 Å². The van der Waals surface area contributed by atoms with Crippen molar-refractivity contribution >= 4 is 33.8 Å². The predicted molar refractivity (Wildman–Crippen MR) is 78.3 cm³/mol. The summed E-state index contributed by atoms with van der Waals surface area (Å²) in [5.41, 5.74) is 8.60. The number of ether oxygens (including phenoxy) is 4. The molecule has 0 aromatic rings. The van der Waals surface area contributed by atoms with Crippen molar-refractivity contribution in [3.63, 3.8) is 0 Å². The minimum Gasteiger partial charge on any atom is -0.463 e. The van der Waals surface area contributed by atoms with Gasteiger partial charge in [-0.05, 0) is 5.53 Å². The summed E-state index contributed by atoms with van der Waals surface area (Å²) in [4.78, 5) is 35.5. The third-order valence-electron chi connectivity index (χ3n) is 2.81. The molecule has 1 fully saturated rings. The smallest absolute Gasteiger partial charge is 0.303 e. The van der Waals surface area contributed by atoms with E-state index in [1.54, 1.807) is 0 Å². The zero-order valence-corrected chi connectivity index (χ0v) is 14.3. The van der Waals surface area contributed by atoms with Crippen LogP contribution in [0.25, 0.3) is 10.4 Å². The van der Waals surface area contributed by atoms with E-state index < -0.39 is 47.3 Å². The molecule has 0 amide bonds. The van der Waals surface area contributed by atoms with Gasteiger partial charge in [-0.2, -0.15) is 0 Å². The van der Waals surface area contributed by atoms with Gasteiger partial charge in [0.25, 0.3) is 0 Å². The lowest BCUT2D eigenvalue weighted by Gasteiger charge is -2.41. The summed E-state index contributed by atoms with van der Waals surface area (Å²) in [6, 6.07) is 0. The molecule has 0 aromatic carbocycles. The maximum atomic E-state index is 11.3. The normalized spacial score (nSPS) is 29.8. The van der Waals surface area contributed by atoms with Crippen LogP contribution >= 0.6 is 15.9 Å². The Morgan fingerprint density at radius 1 is 1.13 bits per heavy atom. The van der Waals surface area contributed by atoms with E-state index in [4.69, 9.17) is 24.5 Å². The minimum absolute atomic E-state index is 0.262. The van der Waals surface area contributed by atoms with Gasteiger partial charge in [-0.25, -0.2) is 0 Å². The quantitative estimate of drug-likeness (QED) is 0.171. The lowest BCUT2D eigenvalue weighted by molar-refractivity contribution is -0.211. The summed E-state index contributed by atoms with van der Waals surface area (Å²) in [6.07, 6.45) is -4.03. The Balaban J connectivity index is 3.09. The molecule has 11 heteroatoms. The SMILES string of the molecule is CC(=O)OC[C@H]1O[C@H](N=[N+]=[N-])[C@@H](Br)[C@@H](OC(C)=O)[C@@H]1OC(C)=O. The van der Waals surface area contributed by atoms with Crippen molar-refractivity contribution in [3.8, 4) is 0 Å². The van der Waals surface area contributed by atoms with Gasteiger partial charge >= 0.3 is 17.9 Å². The molecule has 0 aromatic heterocycles. The summed E-state index contributed by atoms with van der Waals surface area (Å²) in [6.45, 7) is 3.30. The van der Waals surface area contributed by atoms with Gasteiger partial charge in [0.05, 0.1) is 4.83 Å². The number of nitrogens with zero attached hydrogens (tertiary/aromatic N) is 3. The number of azide groups is 1. The van der Waals surface area contributed by atoms with E-state index in [-0.39, 0.29) is 6.61 Å². The third-order valence-corrected chi connectivity index (χ3v) is 3.78. The Morgan fingerprint density at radius 3 is 2.17 bits per heavy atom. The van der Waals surface area contributed by atoms with E-state index in [0.29, 0.717) is 0 Å². The van der Waals surface area contributed by atoms with Gasteiger partial charge in [0, 0.05) is 25.7 Å². The molecule has 1 heterocycles. The zero-order valence-electron chi connectivity index (χ0n) is 12.7. The lowest BCUT2D eigenvalue weighted by Crippen LogP contribution is -2.58. The molecular weight excluding hydrogens is 378 g/mol.